The van der Waals surface area contributed by atoms with E-state index in [1.807, 2.05) is 7.05 Å². The molecule has 0 saturated heterocycles. The van der Waals surface area contributed by atoms with Crippen molar-refractivity contribution in [3.05, 3.63) is 0 Å². The molecule has 0 atom stereocenters. The molecule has 0 amide bonds. The summed E-state index contributed by atoms with van der Waals surface area (Å²) in [6.07, 6.45) is 2.94. The Balaban J connectivity index is 3.36. The van der Waals surface area contributed by atoms with Gasteiger partial charge in [0.05, 0.1) is 12.9 Å². The summed E-state index contributed by atoms with van der Waals surface area (Å²) in [7, 11) is -1.24. The molecule has 0 aliphatic heterocycles. The molecule has 0 unspecified atom stereocenters. The van der Waals surface area contributed by atoms with Crippen LogP contribution in [-0.2, 0) is 14.3 Å². The van der Waals surface area contributed by atoms with Crippen molar-refractivity contribution in [2.75, 3.05) is 33.0 Å². The first kappa shape index (κ1) is 12.9. The van der Waals surface area contributed by atoms with Crippen molar-refractivity contribution in [2.45, 2.75) is 19.8 Å². The Morgan fingerprint density at radius 3 is 2.38 bits per heavy atom. The van der Waals surface area contributed by atoms with Gasteiger partial charge in [-0.3, -0.25) is 4.18 Å². The summed E-state index contributed by atoms with van der Waals surface area (Å²) in [5.74, 6) is 0. The van der Waals surface area contributed by atoms with Gasteiger partial charge in [-0.15, -0.1) is 0 Å². The molecule has 0 saturated carbocycles. The van der Waals surface area contributed by atoms with Crippen molar-refractivity contribution < 1.29 is 12.6 Å². The summed E-state index contributed by atoms with van der Waals surface area (Å²) >= 11 is 0. The van der Waals surface area contributed by atoms with E-state index >= 15 is 0 Å². The molecular formula is C8H19NO3S. The number of hydrogen-bond acceptors (Lipinski definition) is 4. The lowest BCUT2D eigenvalue weighted by Crippen LogP contribution is -2.21. The Labute approximate surface area is 81.0 Å². The first-order chi connectivity index (χ1) is 5.95. The van der Waals surface area contributed by atoms with Crippen LogP contribution in [0.2, 0.25) is 0 Å². The SMILES string of the molecule is CCCN(C)CCCOS(C)(=O)=O. The molecule has 0 aromatic rings. The van der Waals surface area contributed by atoms with Crippen molar-refractivity contribution in [2.24, 2.45) is 0 Å². The zero-order valence-electron chi connectivity index (χ0n) is 8.62. The van der Waals surface area contributed by atoms with Crippen molar-refractivity contribution >= 4 is 10.1 Å². The summed E-state index contributed by atoms with van der Waals surface area (Å²) < 4.78 is 25.7. The summed E-state index contributed by atoms with van der Waals surface area (Å²) in [5.41, 5.74) is 0. The lowest BCUT2D eigenvalue weighted by atomic mass is 10.4. The third-order valence-electron chi connectivity index (χ3n) is 1.59. The topological polar surface area (TPSA) is 46.6 Å². The van der Waals surface area contributed by atoms with Gasteiger partial charge in [0.15, 0.2) is 0 Å². The van der Waals surface area contributed by atoms with Crippen molar-refractivity contribution in [3.63, 3.8) is 0 Å². The van der Waals surface area contributed by atoms with Gasteiger partial charge in [0.1, 0.15) is 0 Å². The molecule has 0 aromatic heterocycles. The smallest absolute Gasteiger partial charge is 0.264 e. The molecule has 0 heterocycles. The van der Waals surface area contributed by atoms with Gasteiger partial charge in [0.2, 0.25) is 0 Å². The van der Waals surface area contributed by atoms with E-state index in [9.17, 15) is 8.42 Å². The highest BCUT2D eigenvalue weighted by Gasteiger charge is 2.01. The van der Waals surface area contributed by atoms with Gasteiger partial charge in [0.25, 0.3) is 10.1 Å². The highest BCUT2D eigenvalue weighted by Crippen LogP contribution is 1.93. The Morgan fingerprint density at radius 1 is 1.31 bits per heavy atom. The van der Waals surface area contributed by atoms with E-state index < -0.39 is 10.1 Å². The largest absolute Gasteiger partial charge is 0.306 e. The zero-order chi connectivity index (χ0) is 10.3. The van der Waals surface area contributed by atoms with E-state index in [1.54, 1.807) is 0 Å². The second kappa shape index (κ2) is 6.34. The van der Waals surface area contributed by atoms with Crippen LogP contribution < -0.4 is 0 Å². The molecule has 13 heavy (non-hydrogen) atoms. The molecule has 80 valence electrons. The van der Waals surface area contributed by atoms with Crippen LogP contribution in [0.1, 0.15) is 19.8 Å². The molecule has 0 fully saturated rings. The molecule has 4 nitrogen and oxygen atoms in total. The van der Waals surface area contributed by atoms with Gasteiger partial charge in [-0.25, -0.2) is 0 Å². The molecule has 0 rings (SSSR count). The zero-order valence-corrected chi connectivity index (χ0v) is 9.43. The highest BCUT2D eigenvalue weighted by molar-refractivity contribution is 7.85. The van der Waals surface area contributed by atoms with Crippen molar-refractivity contribution in [1.29, 1.82) is 0 Å². The van der Waals surface area contributed by atoms with Gasteiger partial charge in [-0.05, 0) is 26.4 Å². The van der Waals surface area contributed by atoms with Gasteiger partial charge in [-0.2, -0.15) is 8.42 Å². The first-order valence-corrected chi connectivity index (χ1v) is 6.30. The number of nitrogens with zero attached hydrogens (tertiary/aromatic N) is 1. The van der Waals surface area contributed by atoms with Crippen molar-refractivity contribution in [1.82, 2.24) is 4.90 Å². The van der Waals surface area contributed by atoms with Gasteiger partial charge in [-0.1, -0.05) is 6.92 Å². The van der Waals surface area contributed by atoms with Crippen LogP contribution >= 0.6 is 0 Å². The molecule has 0 aromatic carbocycles. The lowest BCUT2D eigenvalue weighted by Gasteiger charge is -2.14. The quantitative estimate of drug-likeness (QED) is 0.457. The normalized spacial score (nSPS) is 12.3. The Kier molecular flexibility index (Phi) is 6.28. The van der Waals surface area contributed by atoms with Gasteiger partial charge in [0, 0.05) is 6.54 Å². The molecule has 0 N–H and O–H groups in total. The second-order valence-electron chi connectivity index (χ2n) is 3.18. The standard InChI is InChI=1S/C8H19NO3S/c1-4-6-9(2)7-5-8-12-13(3,10)11/h4-8H2,1-3H3. The van der Waals surface area contributed by atoms with E-state index in [1.165, 1.54) is 0 Å². The summed E-state index contributed by atoms with van der Waals surface area (Å²) in [6, 6.07) is 0. The average Bonchev–Trinajstić information content (AvgIpc) is 1.97. The molecule has 0 aliphatic rings. The predicted octanol–water partition coefficient (Wildman–Crippen LogP) is 0.695. The fourth-order valence-electron chi connectivity index (χ4n) is 1.04. The van der Waals surface area contributed by atoms with Crippen molar-refractivity contribution in [3.8, 4) is 0 Å². The fourth-order valence-corrected chi connectivity index (χ4v) is 1.46. The van der Waals surface area contributed by atoms with E-state index in [2.05, 4.69) is 16.0 Å². The monoisotopic (exact) mass is 209 g/mol. The van der Waals surface area contributed by atoms with E-state index in [-0.39, 0.29) is 6.61 Å². The second-order valence-corrected chi connectivity index (χ2v) is 4.83. The van der Waals surface area contributed by atoms with Crippen LogP contribution in [0, 0.1) is 0 Å². The minimum absolute atomic E-state index is 0.285. The minimum atomic E-state index is -3.25. The van der Waals surface area contributed by atoms with Crippen LogP contribution in [0.5, 0.6) is 0 Å². The molecular weight excluding hydrogens is 190 g/mol. The van der Waals surface area contributed by atoms with Crippen LogP contribution in [-0.4, -0.2) is 46.3 Å². The van der Waals surface area contributed by atoms with E-state index in [0.29, 0.717) is 0 Å². The molecule has 5 heteroatoms. The lowest BCUT2D eigenvalue weighted by molar-refractivity contribution is 0.267. The molecule has 0 spiro atoms. The van der Waals surface area contributed by atoms with Gasteiger partial charge >= 0.3 is 0 Å². The average molecular weight is 209 g/mol. The predicted molar refractivity (Wildman–Crippen MR) is 53.2 cm³/mol. The molecule has 0 radical (unpaired) electrons. The summed E-state index contributed by atoms with van der Waals surface area (Å²) in [6.45, 7) is 4.32. The Bertz CT molecular complexity index is 213. The minimum Gasteiger partial charge on any atom is -0.306 e. The van der Waals surface area contributed by atoms with E-state index in [0.717, 1.165) is 32.2 Å². The highest BCUT2D eigenvalue weighted by atomic mass is 32.2. The van der Waals surface area contributed by atoms with Crippen LogP contribution in [0.4, 0.5) is 0 Å². The fraction of sp³-hybridized carbons (Fsp3) is 1.00. The Morgan fingerprint density at radius 2 is 1.92 bits per heavy atom. The van der Waals surface area contributed by atoms with Crippen LogP contribution in [0.15, 0.2) is 0 Å². The maximum absolute atomic E-state index is 10.6. The van der Waals surface area contributed by atoms with Crippen LogP contribution in [0.3, 0.4) is 0 Å². The maximum atomic E-state index is 10.6. The van der Waals surface area contributed by atoms with Gasteiger partial charge < -0.3 is 4.90 Å². The third-order valence-corrected chi connectivity index (χ3v) is 2.18. The third kappa shape index (κ3) is 9.79. The number of hydrogen-bond donors (Lipinski definition) is 0. The molecule has 0 aliphatic carbocycles. The van der Waals surface area contributed by atoms with E-state index in [4.69, 9.17) is 0 Å². The summed E-state index contributed by atoms with van der Waals surface area (Å²) in [5, 5.41) is 0. The number of rotatable bonds is 7. The van der Waals surface area contributed by atoms with Crippen LogP contribution in [0.25, 0.3) is 0 Å². The summed E-state index contributed by atoms with van der Waals surface area (Å²) in [4.78, 5) is 2.16. The molecule has 0 bridgehead atoms. The Hall–Kier alpha value is -0.130. The first-order valence-electron chi connectivity index (χ1n) is 4.48. The maximum Gasteiger partial charge on any atom is 0.264 e.